The fraction of sp³-hybridized carbons (Fsp3) is 0.154. The van der Waals surface area contributed by atoms with Gasteiger partial charge in [0.2, 0.25) is 0 Å². The molecule has 18 heavy (non-hydrogen) atoms. The normalized spacial score (nSPS) is 12.1. The Kier molecular flexibility index (Phi) is 4.36. The van der Waals surface area contributed by atoms with E-state index in [1.807, 2.05) is 35.7 Å². The number of benzene rings is 1. The first-order chi connectivity index (χ1) is 8.74. The third-order valence-electron chi connectivity index (χ3n) is 2.54. The van der Waals surface area contributed by atoms with Crippen molar-refractivity contribution in [3.8, 4) is 10.4 Å². The molecule has 94 valence electrons. The first kappa shape index (κ1) is 13.1. The van der Waals surface area contributed by atoms with Crippen LogP contribution < -0.4 is 5.73 Å². The first-order valence-corrected chi connectivity index (χ1v) is 6.63. The summed E-state index contributed by atoms with van der Waals surface area (Å²) in [5.74, 6) is 0. The fourth-order valence-corrected chi connectivity index (χ4v) is 3.16. The summed E-state index contributed by atoms with van der Waals surface area (Å²) in [6.45, 7) is 0.520. The molecule has 2 rings (SSSR count). The van der Waals surface area contributed by atoms with Crippen molar-refractivity contribution < 1.29 is 9.53 Å². The van der Waals surface area contributed by atoms with Crippen LogP contribution in [-0.2, 0) is 9.53 Å². The molecule has 0 saturated carbocycles. The van der Waals surface area contributed by atoms with Crippen molar-refractivity contribution in [2.24, 2.45) is 5.73 Å². The van der Waals surface area contributed by atoms with Crippen molar-refractivity contribution in [1.82, 2.24) is 0 Å². The van der Waals surface area contributed by atoms with Gasteiger partial charge in [0.1, 0.15) is 6.61 Å². The number of thiophene rings is 1. The molecule has 0 amide bonds. The van der Waals surface area contributed by atoms with E-state index in [0.717, 1.165) is 16.0 Å². The minimum absolute atomic E-state index is 0.133. The molecular weight excluding hydrogens is 270 g/mol. The molecule has 0 aliphatic carbocycles. The van der Waals surface area contributed by atoms with E-state index in [1.54, 1.807) is 0 Å². The van der Waals surface area contributed by atoms with Crippen LogP contribution in [-0.4, -0.2) is 13.1 Å². The molecule has 0 fully saturated rings. The van der Waals surface area contributed by atoms with Gasteiger partial charge in [0.05, 0.1) is 15.9 Å². The van der Waals surface area contributed by atoms with E-state index >= 15 is 0 Å². The van der Waals surface area contributed by atoms with Crippen LogP contribution in [0.25, 0.3) is 10.4 Å². The highest BCUT2D eigenvalue weighted by Gasteiger charge is 2.17. The van der Waals surface area contributed by atoms with E-state index in [4.69, 9.17) is 17.3 Å². The van der Waals surface area contributed by atoms with Crippen molar-refractivity contribution >= 4 is 29.4 Å². The lowest BCUT2D eigenvalue weighted by Crippen LogP contribution is -2.16. The Morgan fingerprint density at radius 3 is 2.78 bits per heavy atom. The number of rotatable bonds is 5. The summed E-state index contributed by atoms with van der Waals surface area (Å²) >= 11 is 7.85. The Morgan fingerprint density at radius 1 is 1.39 bits per heavy atom. The van der Waals surface area contributed by atoms with Crippen molar-refractivity contribution in [3.05, 3.63) is 46.3 Å². The van der Waals surface area contributed by atoms with Gasteiger partial charge in [0.25, 0.3) is 6.47 Å². The Bertz CT molecular complexity index is 527. The van der Waals surface area contributed by atoms with E-state index in [0.29, 0.717) is 11.5 Å². The lowest BCUT2D eigenvalue weighted by atomic mass is 10.1. The molecule has 0 aliphatic rings. The van der Waals surface area contributed by atoms with Gasteiger partial charge in [-0.3, -0.25) is 4.79 Å². The number of hydrogen-bond acceptors (Lipinski definition) is 4. The quantitative estimate of drug-likeness (QED) is 0.856. The molecule has 0 spiro atoms. The van der Waals surface area contributed by atoms with Crippen LogP contribution in [0, 0.1) is 0 Å². The number of carbonyl (C=O) groups is 1. The highest BCUT2D eigenvalue weighted by Crippen LogP contribution is 2.38. The van der Waals surface area contributed by atoms with Gasteiger partial charge in [-0.05, 0) is 10.9 Å². The highest BCUT2D eigenvalue weighted by molar-refractivity contribution is 7.14. The van der Waals surface area contributed by atoms with Gasteiger partial charge in [0.15, 0.2) is 0 Å². The summed E-state index contributed by atoms with van der Waals surface area (Å²) < 4.78 is 4.66. The second-order valence-corrected chi connectivity index (χ2v) is 4.99. The standard InChI is InChI=1S/C13H12ClNO2S/c14-12-10(11(15)6-17-8-16)7-18-13(12)9-4-2-1-3-5-9/h1-5,7-8,11H,6,15H2. The zero-order valence-electron chi connectivity index (χ0n) is 9.51. The van der Waals surface area contributed by atoms with E-state index in [2.05, 4.69) is 4.74 Å². The molecule has 1 atom stereocenters. The number of hydrogen-bond donors (Lipinski definition) is 1. The van der Waals surface area contributed by atoms with Crippen LogP contribution in [0.3, 0.4) is 0 Å². The molecule has 3 nitrogen and oxygen atoms in total. The minimum Gasteiger partial charge on any atom is -0.466 e. The summed E-state index contributed by atoms with van der Waals surface area (Å²) in [5.41, 5.74) is 7.78. The molecule has 0 radical (unpaired) electrons. The minimum atomic E-state index is -0.392. The maximum Gasteiger partial charge on any atom is 0.293 e. The predicted molar refractivity (Wildman–Crippen MR) is 73.7 cm³/mol. The molecule has 2 aromatic rings. The molecular formula is C13H12ClNO2S. The van der Waals surface area contributed by atoms with Crippen LogP contribution in [0.4, 0.5) is 0 Å². The van der Waals surface area contributed by atoms with Gasteiger partial charge in [-0.1, -0.05) is 41.9 Å². The van der Waals surface area contributed by atoms with E-state index in [1.165, 1.54) is 11.3 Å². The van der Waals surface area contributed by atoms with E-state index in [9.17, 15) is 4.79 Å². The van der Waals surface area contributed by atoms with Gasteiger partial charge in [-0.25, -0.2) is 0 Å². The molecule has 1 heterocycles. The number of halogens is 1. The topological polar surface area (TPSA) is 52.3 Å². The van der Waals surface area contributed by atoms with E-state index < -0.39 is 6.04 Å². The van der Waals surface area contributed by atoms with Crippen LogP contribution in [0.2, 0.25) is 5.02 Å². The summed E-state index contributed by atoms with van der Waals surface area (Å²) in [4.78, 5) is 11.1. The summed E-state index contributed by atoms with van der Waals surface area (Å²) in [7, 11) is 0. The summed E-state index contributed by atoms with van der Waals surface area (Å²) in [5, 5.41) is 2.54. The number of ether oxygens (including phenoxy) is 1. The number of carbonyl (C=O) groups excluding carboxylic acids is 1. The molecule has 1 unspecified atom stereocenters. The van der Waals surface area contributed by atoms with Gasteiger partial charge in [0, 0.05) is 5.56 Å². The zero-order valence-corrected chi connectivity index (χ0v) is 11.1. The van der Waals surface area contributed by atoms with E-state index in [-0.39, 0.29) is 6.61 Å². The highest BCUT2D eigenvalue weighted by atomic mass is 35.5. The molecule has 1 aromatic carbocycles. The molecule has 2 N–H and O–H groups in total. The SMILES string of the molecule is NC(COC=O)c1csc(-c2ccccc2)c1Cl. The number of nitrogens with two attached hydrogens (primary N) is 1. The maximum absolute atomic E-state index is 10.1. The average Bonchev–Trinajstić information content (AvgIpc) is 2.79. The lowest BCUT2D eigenvalue weighted by molar-refractivity contribution is -0.129. The van der Waals surface area contributed by atoms with Gasteiger partial charge in [-0.2, -0.15) is 0 Å². The van der Waals surface area contributed by atoms with Gasteiger partial charge < -0.3 is 10.5 Å². The largest absolute Gasteiger partial charge is 0.466 e. The Balaban J connectivity index is 2.26. The lowest BCUT2D eigenvalue weighted by Gasteiger charge is -2.09. The van der Waals surface area contributed by atoms with Crippen molar-refractivity contribution in [2.45, 2.75) is 6.04 Å². The fourth-order valence-electron chi connectivity index (χ4n) is 1.62. The third kappa shape index (κ3) is 2.72. The van der Waals surface area contributed by atoms with Gasteiger partial charge in [-0.15, -0.1) is 11.3 Å². The third-order valence-corrected chi connectivity index (χ3v) is 4.10. The molecule has 1 aromatic heterocycles. The summed E-state index contributed by atoms with van der Waals surface area (Å²) in [6, 6.07) is 9.47. The Hall–Kier alpha value is -1.36. The molecule has 0 saturated heterocycles. The Labute approximate surface area is 114 Å². The van der Waals surface area contributed by atoms with Crippen LogP contribution in [0.1, 0.15) is 11.6 Å². The second kappa shape index (κ2) is 6.00. The Morgan fingerprint density at radius 2 is 2.11 bits per heavy atom. The van der Waals surface area contributed by atoms with Crippen LogP contribution in [0.5, 0.6) is 0 Å². The maximum atomic E-state index is 10.1. The van der Waals surface area contributed by atoms with Crippen LogP contribution in [0.15, 0.2) is 35.7 Å². The predicted octanol–water partition coefficient (Wildman–Crippen LogP) is 3.24. The van der Waals surface area contributed by atoms with Gasteiger partial charge >= 0.3 is 0 Å². The molecule has 5 heteroatoms. The zero-order chi connectivity index (χ0) is 13.0. The average molecular weight is 282 g/mol. The van der Waals surface area contributed by atoms with Crippen molar-refractivity contribution in [1.29, 1.82) is 0 Å². The smallest absolute Gasteiger partial charge is 0.293 e. The first-order valence-electron chi connectivity index (χ1n) is 5.37. The monoisotopic (exact) mass is 281 g/mol. The van der Waals surface area contributed by atoms with Crippen LogP contribution >= 0.6 is 22.9 Å². The van der Waals surface area contributed by atoms with Crippen molar-refractivity contribution in [3.63, 3.8) is 0 Å². The van der Waals surface area contributed by atoms with Crippen molar-refractivity contribution in [2.75, 3.05) is 6.61 Å². The second-order valence-electron chi connectivity index (χ2n) is 3.74. The molecule has 0 aliphatic heterocycles. The summed E-state index contributed by atoms with van der Waals surface area (Å²) in [6.07, 6.45) is 0. The molecule has 0 bridgehead atoms.